The number of hydrogen-bond donors (Lipinski definition) is 3. The number of rotatable bonds is 6. The van der Waals surface area contributed by atoms with Crippen molar-refractivity contribution < 1.29 is 14.9 Å². The summed E-state index contributed by atoms with van der Waals surface area (Å²) in [5.74, 6) is 1.11. The van der Waals surface area contributed by atoms with Crippen LogP contribution in [-0.2, 0) is 13.0 Å². The molecular weight excluding hydrogens is 368 g/mol. The molecule has 1 unspecified atom stereocenters. The Morgan fingerprint density at radius 1 is 1.10 bits per heavy atom. The van der Waals surface area contributed by atoms with Crippen molar-refractivity contribution in [3.05, 3.63) is 50.4 Å². The Morgan fingerprint density at radius 2 is 1.83 bits per heavy atom. The van der Waals surface area contributed by atoms with Crippen LogP contribution in [0.4, 0.5) is 0 Å². The second kappa shape index (κ2) is 8.11. The summed E-state index contributed by atoms with van der Waals surface area (Å²) in [5, 5.41) is 23.6. The second-order valence-electron chi connectivity index (χ2n) is 8.31. The molecule has 6 nitrogen and oxygen atoms in total. The molecule has 1 aliphatic heterocycles. The summed E-state index contributed by atoms with van der Waals surface area (Å²) in [6, 6.07) is 1.40. The Hall–Kier alpha value is -2.47. The summed E-state index contributed by atoms with van der Waals surface area (Å²) in [7, 11) is 0. The number of phenols is 1. The van der Waals surface area contributed by atoms with Crippen molar-refractivity contribution in [3.8, 4) is 17.2 Å². The van der Waals surface area contributed by atoms with E-state index in [9.17, 15) is 15.0 Å². The molecule has 29 heavy (non-hydrogen) atoms. The highest BCUT2D eigenvalue weighted by Crippen LogP contribution is 2.42. The van der Waals surface area contributed by atoms with E-state index in [1.165, 1.54) is 6.07 Å². The van der Waals surface area contributed by atoms with Crippen LogP contribution in [0.1, 0.15) is 54.1 Å². The van der Waals surface area contributed by atoms with Crippen LogP contribution in [-0.4, -0.2) is 27.0 Å². The summed E-state index contributed by atoms with van der Waals surface area (Å²) in [4.78, 5) is 11.4. The van der Waals surface area contributed by atoms with Gasteiger partial charge in [-0.1, -0.05) is 0 Å². The average Bonchev–Trinajstić information content (AvgIpc) is 2.70. The number of aromatic nitrogens is 1. The van der Waals surface area contributed by atoms with Crippen molar-refractivity contribution >= 4 is 0 Å². The molecular formula is C23H32N2O4. The normalized spacial score (nSPS) is 18.4. The number of benzene rings is 1. The third-order valence-electron chi connectivity index (χ3n) is 6.26. The van der Waals surface area contributed by atoms with Gasteiger partial charge in [-0.2, -0.15) is 0 Å². The molecule has 0 spiro atoms. The van der Waals surface area contributed by atoms with Gasteiger partial charge in [0.05, 0.1) is 5.69 Å². The van der Waals surface area contributed by atoms with E-state index in [0.29, 0.717) is 11.4 Å². The van der Waals surface area contributed by atoms with Crippen molar-refractivity contribution in [2.75, 3.05) is 6.54 Å². The second-order valence-corrected chi connectivity index (χ2v) is 8.31. The molecule has 0 saturated carbocycles. The van der Waals surface area contributed by atoms with Gasteiger partial charge >= 0.3 is 0 Å². The zero-order valence-electron chi connectivity index (χ0n) is 18.1. The average molecular weight is 401 g/mol. The van der Waals surface area contributed by atoms with Crippen molar-refractivity contribution in [1.29, 1.82) is 0 Å². The zero-order valence-corrected chi connectivity index (χ0v) is 18.1. The summed E-state index contributed by atoms with van der Waals surface area (Å²) in [5.41, 5.74) is 3.75. The van der Waals surface area contributed by atoms with Crippen LogP contribution in [0.5, 0.6) is 17.2 Å². The van der Waals surface area contributed by atoms with Crippen LogP contribution in [0.3, 0.4) is 0 Å². The quantitative estimate of drug-likeness (QED) is 0.645. The number of fused-ring (bicyclic) bond motifs is 1. The SMILES string of the molecule is Cc1c(C)c2c(c(C)c1O)CCC(C)(NCCCCn1ccc(=O)c(O)c1C)O2. The van der Waals surface area contributed by atoms with E-state index >= 15 is 0 Å². The van der Waals surface area contributed by atoms with Crippen LogP contribution in [0.15, 0.2) is 17.1 Å². The van der Waals surface area contributed by atoms with Crippen molar-refractivity contribution in [1.82, 2.24) is 9.88 Å². The minimum absolute atomic E-state index is 0.167. The standard InChI is InChI=1S/C23H32N2O4/c1-14-15(2)22-18(16(3)20(14)27)8-10-23(5,29-22)24-11-6-7-12-25-13-9-19(26)21(28)17(25)4/h9,13,24,27-28H,6-8,10-12H2,1-5H3. The summed E-state index contributed by atoms with van der Waals surface area (Å²) in [6.45, 7) is 11.3. The first kappa shape index (κ1) is 21.2. The number of pyridine rings is 1. The van der Waals surface area contributed by atoms with Gasteiger partial charge in [0, 0.05) is 30.8 Å². The maximum Gasteiger partial charge on any atom is 0.223 e. The lowest BCUT2D eigenvalue weighted by Crippen LogP contribution is -2.50. The van der Waals surface area contributed by atoms with Crippen LogP contribution >= 0.6 is 0 Å². The Balaban J connectivity index is 1.57. The van der Waals surface area contributed by atoms with Gasteiger partial charge in [-0.3, -0.25) is 10.1 Å². The summed E-state index contributed by atoms with van der Waals surface area (Å²) in [6.07, 6.45) is 5.32. The van der Waals surface area contributed by atoms with Gasteiger partial charge in [0.25, 0.3) is 0 Å². The molecule has 0 radical (unpaired) electrons. The predicted molar refractivity (Wildman–Crippen MR) is 114 cm³/mol. The van der Waals surface area contributed by atoms with Gasteiger partial charge < -0.3 is 19.5 Å². The number of aromatic hydroxyl groups is 2. The molecule has 1 aromatic carbocycles. The third-order valence-corrected chi connectivity index (χ3v) is 6.26. The molecule has 6 heteroatoms. The maximum atomic E-state index is 11.4. The lowest BCUT2D eigenvalue weighted by molar-refractivity contribution is 0.0291. The zero-order chi connectivity index (χ0) is 21.3. The minimum atomic E-state index is -0.431. The van der Waals surface area contributed by atoms with E-state index in [0.717, 1.165) is 66.8 Å². The first-order chi connectivity index (χ1) is 13.6. The Labute approximate surface area is 172 Å². The van der Waals surface area contributed by atoms with Gasteiger partial charge in [-0.05, 0) is 77.1 Å². The molecule has 2 aromatic rings. The van der Waals surface area contributed by atoms with Crippen LogP contribution in [0.25, 0.3) is 0 Å². The molecule has 3 N–H and O–H groups in total. The van der Waals surface area contributed by atoms with Gasteiger partial charge in [-0.15, -0.1) is 0 Å². The fraction of sp³-hybridized carbons (Fsp3) is 0.522. The minimum Gasteiger partial charge on any atom is -0.507 e. The molecule has 0 aliphatic carbocycles. The largest absolute Gasteiger partial charge is 0.507 e. The van der Waals surface area contributed by atoms with Gasteiger partial charge in [0.15, 0.2) is 11.5 Å². The van der Waals surface area contributed by atoms with Crippen molar-refractivity contribution in [3.63, 3.8) is 0 Å². The Morgan fingerprint density at radius 3 is 2.55 bits per heavy atom. The van der Waals surface area contributed by atoms with E-state index in [2.05, 4.69) is 12.2 Å². The fourth-order valence-corrected chi connectivity index (χ4v) is 4.04. The number of unbranched alkanes of at least 4 members (excludes halogenated alkanes) is 1. The first-order valence-electron chi connectivity index (χ1n) is 10.3. The monoisotopic (exact) mass is 400 g/mol. The van der Waals surface area contributed by atoms with Crippen LogP contribution in [0.2, 0.25) is 0 Å². The fourth-order valence-electron chi connectivity index (χ4n) is 4.04. The molecule has 0 saturated heterocycles. The third kappa shape index (κ3) is 4.13. The van der Waals surface area contributed by atoms with Gasteiger partial charge in [0.1, 0.15) is 11.5 Å². The molecule has 1 aromatic heterocycles. The molecule has 0 amide bonds. The summed E-state index contributed by atoms with van der Waals surface area (Å²) < 4.78 is 8.29. The number of nitrogens with zero attached hydrogens (tertiary/aromatic N) is 1. The highest BCUT2D eigenvalue weighted by Gasteiger charge is 2.33. The molecule has 0 bridgehead atoms. The maximum absolute atomic E-state index is 11.4. The van der Waals surface area contributed by atoms with E-state index < -0.39 is 5.72 Å². The number of aryl methyl sites for hydroxylation is 1. The lowest BCUT2D eigenvalue weighted by Gasteiger charge is -2.38. The smallest absolute Gasteiger partial charge is 0.223 e. The topological polar surface area (TPSA) is 83.7 Å². The summed E-state index contributed by atoms with van der Waals surface area (Å²) >= 11 is 0. The molecule has 3 rings (SSSR count). The number of ether oxygens (including phenoxy) is 1. The molecule has 1 aliphatic rings. The number of phenolic OH excluding ortho intramolecular Hbond substituents is 1. The van der Waals surface area contributed by atoms with Crippen LogP contribution in [0, 0.1) is 27.7 Å². The van der Waals surface area contributed by atoms with Gasteiger partial charge in [0.2, 0.25) is 5.43 Å². The molecule has 1 atom stereocenters. The van der Waals surface area contributed by atoms with Gasteiger partial charge in [-0.25, -0.2) is 0 Å². The molecule has 2 heterocycles. The van der Waals surface area contributed by atoms with Crippen molar-refractivity contribution in [2.24, 2.45) is 0 Å². The van der Waals surface area contributed by atoms with E-state index in [-0.39, 0.29) is 11.2 Å². The highest BCUT2D eigenvalue weighted by atomic mass is 16.5. The number of nitrogens with one attached hydrogen (secondary N) is 1. The Kier molecular flexibility index (Phi) is 5.94. The Bertz CT molecular complexity index is 980. The predicted octanol–water partition coefficient (Wildman–Crippen LogP) is 3.60. The van der Waals surface area contributed by atoms with Crippen molar-refractivity contribution in [2.45, 2.75) is 72.6 Å². The lowest BCUT2D eigenvalue weighted by atomic mass is 9.90. The van der Waals surface area contributed by atoms with E-state index in [1.807, 2.05) is 25.3 Å². The molecule has 0 fully saturated rings. The number of hydrogen-bond acceptors (Lipinski definition) is 5. The van der Waals surface area contributed by atoms with Crippen LogP contribution < -0.4 is 15.5 Å². The first-order valence-corrected chi connectivity index (χ1v) is 10.3. The highest BCUT2D eigenvalue weighted by molar-refractivity contribution is 5.58. The van der Waals surface area contributed by atoms with E-state index in [4.69, 9.17) is 4.74 Å². The van der Waals surface area contributed by atoms with E-state index in [1.54, 1.807) is 13.1 Å². The molecule has 158 valence electrons.